The zero-order valence-electron chi connectivity index (χ0n) is 15.3. The molecule has 0 fully saturated rings. The van der Waals surface area contributed by atoms with E-state index in [-0.39, 0.29) is 25.0 Å². The number of benzene rings is 2. The summed E-state index contributed by atoms with van der Waals surface area (Å²) in [5.41, 5.74) is 0.591. The van der Waals surface area contributed by atoms with Gasteiger partial charge in [0.25, 0.3) is 11.8 Å². The Labute approximate surface area is 173 Å². The standard InChI is InChI=1S/C20H20Cl2N2O4/c1-2-9-23-20(26)18-11-24(15-5-3-4-6-16(15)28-18)19(25)12-27-17-10-13(21)7-8-14(17)22/h3-8,10,18H,2,9,11-12H2,1H3,(H,23,26)/t18-/m1/s1. The van der Waals surface area contributed by atoms with Gasteiger partial charge in [-0.05, 0) is 30.7 Å². The summed E-state index contributed by atoms with van der Waals surface area (Å²) in [5, 5.41) is 3.61. The molecule has 0 radical (unpaired) electrons. The molecule has 0 saturated carbocycles. The molecule has 0 saturated heterocycles. The maximum absolute atomic E-state index is 12.9. The van der Waals surface area contributed by atoms with Crippen molar-refractivity contribution in [1.82, 2.24) is 5.32 Å². The van der Waals surface area contributed by atoms with E-state index >= 15 is 0 Å². The van der Waals surface area contributed by atoms with Crippen LogP contribution in [0.1, 0.15) is 13.3 Å². The van der Waals surface area contributed by atoms with Crippen LogP contribution < -0.4 is 19.7 Å². The van der Waals surface area contributed by atoms with Gasteiger partial charge in [-0.1, -0.05) is 42.3 Å². The summed E-state index contributed by atoms with van der Waals surface area (Å²) in [6, 6.07) is 11.9. The molecule has 0 aromatic heterocycles. The molecular weight excluding hydrogens is 403 g/mol. The summed E-state index contributed by atoms with van der Waals surface area (Å²) in [7, 11) is 0. The molecule has 2 amide bonds. The number of ether oxygens (including phenoxy) is 2. The van der Waals surface area contributed by atoms with Crippen LogP contribution in [0.3, 0.4) is 0 Å². The first-order valence-electron chi connectivity index (χ1n) is 8.91. The SMILES string of the molecule is CCCNC(=O)[C@H]1CN(C(=O)COc2cc(Cl)ccc2Cl)c2ccccc2O1. The van der Waals surface area contributed by atoms with E-state index in [2.05, 4.69) is 5.32 Å². The number of anilines is 1. The molecular formula is C20H20Cl2N2O4. The molecule has 8 heteroatoms. The summed E-state index contributed by atoms with van der Waals surface area (Å²) >= 11 is 12.0. The predicted octanol–water partition coefficient (Wildman–Crippen LogP) is 3.69. The lowest BCUT2D eigenvalue weighted by atomic mass is 10.1. The number of hydrogen-bond acceptors (Lipinski definition) is 4. The van der Waals surface area contributed by atoms with Crippen molar-refractivity contribution in [2.24, 2.45) is 0 Å². The summed E-state index contributed by atoms with van der Waals surface area (Å²) in [5.74, 6) is 0.217. The molecule has 6 nitrogen and oxygen atoms in total. The van der Waals surface area contributed by atoms with Crippen LogP contribution in [0.5, 0.6) is 11.5 Å². The van der Waals surface area contributed by atoms with E-state index in [1.54, 1.807) is 42.5 Å². The number of nitrogens with zero attached hydrogens (tertiary/aromatic N) is 1. The number of amides is 2. The van der Waals surface area contributed by atoms with Crippen LogP contribution in [0.15, 0.2) is 42.5 Å². The molecule has 2 aromatic carbocycles. The average molecular weight is 423 g/mol. The second-order valence-corrected chi connectivity index (χ2v) is 7.08. The number of nitrogens with one attached hydrogen (secondary N) is 1. The van der Waals surface area contributed by atoms with Crippen molar-refractivity contribution in [3.05, 3.63) is 52.5 Å². The molecule has 1 atom stereocenters. The van der Waals surface area contributed by atoms with Crippen molar-refractivity contribution >= 4 is 40.7 Å². The molecule has 3 rings (SSSR count). The van der Waals surface area contributed by atoms with Crippen LogP contribution in [-0.4, -0.2) is 37.6 Å². The van der Waals surface area contributed by atoms with Gasteiger partial charge in [0.1, 0.15) is 11.5 Å². The quantitative estimate of drug-likeness (QED) is 0.770. The molecule has 148 valence electrons. The Hall–Kier alpha value is -2.44. The van der Waals surface area contributed by atoms with Gasteiger partial charge in [-0.2, -0.15) is 0 Å². The number of fused-ring (bicyclic) bond motifs is 1. The Balaban J connectivity index is 1.75. The Bertz CT molecular complexity index is 875. The van der Waals surface area contributed by atoms with Gasteiger partial charge in [0.15, 0.2) is 12.7 Å². The third-order valence-electron chi connectivity index (χ3n) is 4.16. The smallest absolute Gasteiger partial charge is 0.265 e. The number of carbonyl (C=O) groups is 2. The molecule has 0 spiro atoms. The zero-order valence-corrected chi connectivity index (χ0v) is 16.8. The van der Waals surface area contributed by atoms with Crippen LogP contribution in [0, 0.1) is 0 Å². The molecule has 1 heterocycles. The van der Waals surface area contributed by atoms with E-state index in [4.69, 9.17) is 32.7 Å². The lowest BCUT2D eigenvalue weighted by molar-refractivity contribution is -0.128. The van der Waals surface area contributed by atoms with Crippen molar-refractivity contribution in [3.8, 4) is 11.5 Å². The van der Waals surface area contributed by atoms with Gasteiger partial charge in [-0.3, -0.25) is 9.59 Å². The second-order valence-electron chi connectivity index (χ2n) is 6.23. The van der Waals surface area contributed by atoms with E-state index in [9.17, 15) is 9.59 Å². The topological polar surface area (TPSA) is 67.9 Å². The van der Waals surface area contributed by atoms with Crippen molar-refractivity contribution in [1.29, 1.82) is 0 Å². The first-order chi connectivity index (χ1) is 13.5. The minimum absolute atomic E-state index is 0.0953. The summed E-state index contributed by atoms with van der Waals surface area (Å²) in [6.07, 6.45) is 0.0199. The lowest BCUT2D eigenvalue weighted by Crippen LogP contribution is -2.51. The van der Waals surface area contributed by atoms with Gasteiger partial charge >= 0.3 is 0 Å². The molecule has 1 N–H and O–H groups in total. The van der Waals surface area contributed by atoms with Crippen LogP contribution >= 0.6 is 23.2 Å². The van der Waals surface area contributed by atoms with E-state index in [0.717, 1.165) is 6.42 Å². The molecule has 28 heavy (non-hydrogen) atoms. The molecule has 0 aliphatic carbocycles. The van der Waals surface area contributed by atoms with Crippen molar-refractivity contribution in [3.63, 3.8) is 0 Å². The Kier molecular flexibility index (Phi) is 6.65. The number of para-hydroxylation sites is 2. The minimum atomic E-state index is -0.792. The third-order valence-corrected chi connectivity index (χ3v) is 4.71. The molecule has 1 aliphatic rings. The Morgan fingerprint density at radius 2 is 2.04 bits per heavy atom. The largest absolute Gasteiger partial charge is 0.482 e. The lowest BCUT2D eigenvalue weighted by Gasteiger charge is -2.34. The minimum Gasteiger partial charge on any atom is -0.482 e. The summed E-state index contributed by atoms with van der Waals surface area (Å²) < 4.78 is 11.3. The number of halogens is 2. The Morgan fingerprint density at radius 3 is 2.82 bits per heavy atom. The first kappa shape index (κ1) is 20.3. The van der Waals surface area contributed by atoms with Gasteiger partial charge in [0, 0.05) is 17.6 Å². The van der Waals surface area contributed by atoms with Crippen molar-refractivity contribution < 1.29 is 19.1 Å². The van der Waals surface area contributed by atoms with Crippen LogP contribution in [-0.2, 0) is 9.59 Å². The van der Waals surface area contributed by atoms with Gasteiger partial charge < -0.3 is 19.7 Å². The fourth-order valence-corrected chi connectivity index (χ4v) is 3.11. The van der Waals surface area contributed by atoms with Crippen LogP contribution in [0.2, 0.25) is 10.0 Å². The number of carbonyl (C=O) groups excluding carboxylic acids is 2. The average Bonchev–Trinajstić information content (AvgIpc) is 2.71. The number of rotatable bonds is 6. The summed E-state index contributed by atoms with van der Waals surface area (Å²) in [4.78, 5) is 26.7. The highest BCUT2D eigenvalue weighted by Crippen LogP contribution is 2.33. The molecule has 0 unspecified atom stereocenters. The summed E-state index contributed by atoms with van der Waals surface area (Å²) in [6.45, 7) is 2.35. The molecule has 1 aliphatic heterocycles. The van der Waals surface area contributed by atoms with E-state index < -0.39 is 6.10 Å². The first-order valence-corrected chi connectivity index (χ1v) is 9.66. The van der Waals surface area contributed by atoms with E-state index in [1.807, 2.05) is 6.92 Å². The molecule has 2 aromatic rings. The second kappa shape index (κ2) is 9.17. The van der Waals surface area contributed by atoms with Crippen molar-refractivity contribution in [2.75, 3.05) is 24.6 Å². The van der Waals surface area contributed by atoms with Gasteiger partial charge in [-0.25, -0.2) is 0 Å². The van der Waals surface area contributed by atoms with Crippen molar-refractivity contribution in [2.45, 2.75) is 19.4 Å². The Morgan fingerprint density at radius 1 is 1.25 bits per heavy atom. The fraction of sp³-hybridized carbons (Fsp3) is 0.300. The maximum atomic E-state index is 12.9. The highest BCUT2D eigenvalue weighted by atomic mass is 35.5. The zero-order chi connectivity index (χ0) is 20.1. The van der Waals surface area contributed by atoms with Crippen LogP contribution in [0.4, 0.5) is 5.69 Å². The highest BCUT2D eigenvalue weighted by Gasteiger charge is 2.33. The van der Waals surface area contributed by atoms with E-state index in [1.165, 1.54) is 4.90 Å². The van der Waals surface area contributed by atoms with Gasteiger partial charge in [0.2, 0.25) is 0 Å². The monoisotopic (exact) mass is 422 g/mol. The van der Waals surface area contributed by atoms with Crippen LogP contribution in [0.25, 0.3) is 0 Å². The number of hydrogen-bond donors (Lipinski definition) is 1. The van der Waals surface area contributed by atoms with Gasteiger partial charge in [0.05, 0.1) is 17.3 Å². The maximum Gasteiger partial charge on any atom is 0.265 e. The predicted molar refractivity (Wildman–Crippen MR) is 108 cm³/mol. The van der Waals surface area contributed by atoms with E-state index in [0.29, 0.717) is 33.8 Å². The molecule has 0 bridgehead atoms. The normalized spacial score (nSPS) is 15.4. The van der Waals surface area contributed by atoms with Gasteiger partial charge in [-0.15, -0.1) is 0 Å². The highest BCUT2D eigenvalue weighted by molar-refractivity contribution is 6.34. The fourth-order valence-electron chi connectivity index (χ4n) is 2.77. The third kappa shape index (κ3) is 4.69.